The van der Waals surface area contributed by atoms with Crippen molar-refractivity contribution < 1.29 is 9.21 Å². The molecule has 0 unspecified atom stereocenters. The summed E-state index contributed by atoms with van der Waals surface area (Å²) in [7, 11) is 0. The van der Waals surface area contributed by atoms with Crippen molar-refractivity contribution in [2.45, 2.75) is 0 Å². The SMILES string of the molecule is O=C(C=Cc1ccc(-c2cc(Cl)ccc2Cl)o1)Nc1nccs1. The molecule has 23 heavy (non-hydrogen) atoms. The van der Waals surface area contributed by atoms with E-state index in [1.54, 1.807) is 48.0 Å². The molecule has 2 heterocycles. The smallest absolute Gasteiger partial charge is 0.250 e. The summed E-state index contributed by atoms with van der Waals surface area (Å²) in [5.41, 5.74) is 0.700. The topological polar surface area (TPSA) is 55.1 Å². The van der Waals surface area contributed by atoms with Gasteiger partial charge >= 0.3 is 0 Å². The highest BCUT2D eigenvalue weighted by atomic mass is 35.5. The van der Waals surface area contributed by atoms with E-state index in [1.165, 1.54) is 17.4 Å². The van der Waals surface area contributed by atoms with Crippen molar-refractivity contribution in [2.24, 2.45) is 0 Å². The van der Waals surface area contributed by atoms with E-state index in [9.17, 15) is 4.79 Å². The molecule has 0 atom stereocenters. The Balaban J connectivity index is 1.73. The van der Waals surface area contributed by atoms with Crippen LogP contribution in [0.1, 0.15) is 5.76 Å². The van der Waals surface area contributed by atoms with Gasteiger partial charge in [0.1, 0.15) is 11.5 Å². The molecule has 0 bridgehead atoms. The number of benzene rings is 1. The number of carbonyl (C=O) groups is 1. The number of amides is 1. The lowest BCUT2D eigenvalue weighted by molar-refractivity contribution is -0.111. The Morgan fingerprint density at radius 1 is 1.26 bits per heavy atom. The number of anilines is 1. The van der Waals surface area contributed by atoms with Crippen molar-refractivity contribution in [3.8, 4) is 11.3 Å². The second-order valence-corrected chi connectivity index (χ2v) is 6.22. The second kappa shape index (κ2) is 7.00. The van der Waals surface area contributed by atoms with Crippen LogP contribution in [0.2, 0.25) is 10.0 Å². The molecule has 0 saturated carbocycles. The van der Waals surface area contributed by atoms with Gasteiger partial charge in [-0.15, -0.1) is 11.3 Å². The maximum absolute atomic E-state index is 11.7. The van der Waals surface area contributed by atoms with E-state index >= 15 is 0 Å². The molecule has 3 aromatic rings. The van der Waals surface area contributed by atoms with Gasteiger partial charge in [-0.3, -0.25) is 10.1 Å². The highest BCUT2D eigenvalue weighted by molar-refractivity contribution is 7.13. The van der Waals surface area contributed by atoms with E-state index in [-0.39, 0.29) is 5.91 Å². The molecule has 4 nitrogen and oxygen atoms in total. The monoisotopic (exact) mass is 364 g/mol. The van der Waals surface area contributed by atoms with Crippen LogP contribution in [-0.2, 0) is 4.79 Å². The van der Waals surface area contributed by atoms with Crippen molar-refractivity contribution in [3.05, 3.63) is 63.8 Å². The van der Waals surface area contributed by atoms with Gasteiger partial charge in [0.25, 0.3) is 0 Å². The highest BCUT2D eigenvalue weighted by Crippen LogP contribution is 2.32. The first-order valence-corrected chi connectivity index (χ1v) is 8.19. The zero-order valence-corrected chi connectivity index (χ0v) is 14.0. The number of furan rings is 1. The zero-order valence-electron chi connectivity index (χ0n) is 11.6. The van der Waals surface area contributed by atoms with E-state index in [0.29, 0.717) is 32.3 Å². The summed E-state index contributed by atoms with van der Waals surface area (Å²) in [5, 5.41) is 6.09. The average Bonchev–Trinajstić information content (AvgIpc) is 3.19. The summed E-state index contributed by atoms with van der Waals surface area (Å²) in [4.78, 5) is 15.7. The maximum atomic E-state index is 11.7. The van der Waals surface area contributed by atoms with E-state index in [4.69, 9.17) is 27.6 Å². The number of hydrogen-bond donors (Lipinski definition) is 1. The number of rotatable bonds is 4. The van der Waals surface area contributed by atoms with Gasteiger partial charge in [-0.1, -0.05) is 23.2 Å². The van der Waals surface area contributed by atoms with Crippen molar-refractivity contribution >= 4 is 51.7 Å². The standard InChI is InChI=1S/C16H10Cl2N2O2S/c17-10-1-4-13(18)12(9-10)14-5-2-11(22-14)3-6-15(21)20-16-19-7-8-23-16/h1-9H,(H,19,20,21). The fourth-order valence-electron chi connectivity index (χ4n) is 1.86. The van der Waals surface area contributed by atoms with E-state index in [0.717, 1.165) is 0 Å². The minimum Gasteiger partial charge on any atom is -0.457 e. The molecule has 2 aromatic heterocycles. The summed E-state index contributed by atoms with van der Waals surface area (Å²) in [5.74, 6) is 0.835. The van der Waals surface area contributed by atoms with Crippen LogP contribution in [0.3, 0.4) is 0 Å². The third-order valence-electron chi connectivity index (χ3n) is 2.88. The summed E-state index contributed by atoms with van der Waals surface area (Å²) < 4.78 is 5.67. The van der Waals surface area contributed by atoms with Gasteiger partial charge < -0.3 is 4.42 Å². The number of nitrogens with zero attached hydrogens (tertiary/aromatic N) is 1. The first-order chi connectivity index (χ1) is 11.1. The minimum atomic E-state index is -0.279. The Morgan fingerprint density at radius 3 is 2.91 bits per heavy atom. The first-order valence-electron chi connectivity index (χ1n) is 6.55. The van der Waals surface area contributed by atoms with Gasteiger partial charge in [-0.25, -0.2) is 4.98 Å². The largest absolute Gasteiger partial charge is 0.457 e. The van der Waals surface area contributed by atoms with Gasteiger partial charge in [-0.05, 0) is 36.4 Å². The molecular weight excluding hydrogens is 355 g/mol. The van der Waals surface area contributed by atoms with Crippen LogP contribution in [0.15, 0.2) is 52.4 Å². The van der Waals surface area contributed by atoms with Crippen LogP contribution >= 0.6 is 34.5 Å². The van der Waals surface area contributed by atoms with Crippen LogP contribution in [0.5, 0.6) is 0 Å². The average molecular weight is 365 g/mol. The Labute approximate surface area is 146 Å². The number of aromatic nitrogens is 1. The van der Waals surface area contributed by atoms with Gasteiger partial charge in [0, 0.05) is 28.2 Å². The third-order valence-corrected chi connectivity index (χ3v) is 4.14. The molecule has 3 rings (SSSR count). The maximum Gasteiger partial charge on any atom is 0.250 e. The van der Waals surface area contributed by atoms with Crippen LogP contribution in [-0.4, -0.2) is 10.9 Å². The van der Waals surface area contributed by atoms with E-state index in [1.807, 2.05) is 0 Å². The molecule has 1 amide bonds. The summed E-state index contributed by atoms with van der Waals surface area (Å²) in [6.45, 7) is 0. The van der Waals surface area contributed by atoms with Gasteiger partial charge in [0.15, 0.2) is 5.13 Å². The molecular formula is C16H10Cl2N2O2S. The number of hydrogen-bond acceptors (Lipinski definition) is 4. The Kier molecular flexibility index (Phi) is 4.81. The van der Waals surface area contributed by atoms with Crippen molar-refractivity contribution in [2.75, 3.05) is 5.32 Å². The first kappa shape index (κ1) is 15.8. The summed E-state index contributed by atoms with van der Waals surface area (Å²) in [6, 6.07) is 8.67. The second-order valence-electron chi connectivity index (χ2n) is 4.49. The van der Waals surface area contributed by atoms with E-state index < -0.39 is 0 Å². The van der Waals surface area contributed by atoms with E-state index in [2.05, 4.69) is 10.3 Å². The fraction of sp³-hybridized carbons (Fsp3) is 0. The lowest BCUT2D eigenvalue weighted by Crippen LogP contribution is -2.06. The Morgan fingerprint density at radius 2 is 2.13 bits per heavy atom. The molecule has 7 heteroatoms. The highest BCUT2D eigenvalue weighted by Gasteiger charge is 2.09. The molecule has 0 aliphatic carbocycles. The third kappa shape index (κ3) is 4.01. The van der Waals surface area contributed by atoms with Crippen LogP contribution < -0.4 is 5.32 Å². The quantitative estimate of drug-likeness (QED) is 0.633. The lowest BCUT2D eigenvalue weighted by Gasteiger charge is -2.01. The molecule has 0 aliphatic heterocycles. The number of thiazole rings is 1. The summed E-state index contributed by atoms with van der Waals surface area (Å²) >= 11 is 13.5. The number of halogens is 2. The number of carbonyl (C=O) groups excluding carboxylic acids is 1. The molecule has 0 spiro atoms. The molecule has 116 valence electrons. The Hall–Kier alpha value is -2.08. The van der Waals surface area contributed by atoms with Gasteiger partial charge in [0.05, 0.1) is 5.02 Å². The molecule has 0 aliphatic rings. The number of nitrogens with one attached hydrogen (secondary N) is 1. The Bertz CT molecular complexity index is 857. The molecule has 1 N–H and O–H groups in total. The van der Waals surface area contributed by atoms with Crippen LogP contribution in [0.25, 0.3) is 17.4 Å². The fourth-order valence-corrected chi connectivity index (χ4v) is 2.78. The van der Waals surface area contributed by atoms with Crippen molar-refractivity contribution in [1.82, 2.24) is 4.98 Å². The molecule has 1 aromatic carbocycles. The molecule has 0 fully saturated rings. The molecule has 0 saturated heterocycles. The zero-order chi connectivity index (χ0) is 16.2. The predicted molar refractivity (Wildman–Crippen MR) is 93.9 cm³/mol. The van der Waals surface area contributed by atoms with Gasteiger partial charge in [-0.2, -0.15) is 0 Å². The van der Waals surface area contributed by atoms with Crippen LogP contribution in [0, 0.1) is 0 Å². The summed E-state index contributed by atoms with van der Waals surface area (Å²) in [6.07, 6.45) is 4.58. The normalized spacial score (nSPS) is 11.0. The minimum absolute atomic E-state index is 0.279. The van der Waals surface area contributed by atoms with Crippen molar-refractivity contribution in [3.63, 3.8) is 0 Å². The van der Waals surface area contributed by atoms with Gasteiger partial charge in [0.2, 0.25) is 5.91 Å². The molecule has 0 radical (unpaired) electrons. The lowest BCUT2D eigenvalue weighted by atomic mass is 10.2. The van der Waals surface area contributed by atoms with Crippen molar-refractivity contribution in [1.29, 1.82) is 0 Å². The van der Waals surface area contributed by atoms with Crippen LogP contribution in [0.4, 0.5) is 5.13 Å². The predicted octanol–water partition coefficient (Wildman–Crippen LogP) is 5.36.